The molecule has 0 radical (unpaired) electrons. The van der Waals surface area contributed by atoms with Crippen molar-refractivity contribution in [3.05, 3.63) is 60.2 Å². The Morgan fingerprint density at radius 2 is 1.83 bits per heavy atom. The van der Waals surface area contributed by atoms with Crippen LogP contribution in [0.25, 0.3) is 0 Å². The number of carbonyl (C=O) groups excluding carboxylic acids is 2. The minimum atomic E-state index is -0.371. The van der Waals surface area contributed by atoms with E-state index in [9.17, 15) is 9.59 Å². The number of carbonyl (C=O) groups is 2. The lowest BCUT2D eigenvalue weighted by atomic mass is 10.2. The van der Waals surface area contributed by atoms with Gasteiger partial charge in [0.05, 0.1) is 0 Å². The fourth-order valence-electron chi connectivity index (χ4n) is 2.68. The smallest absolute Gasteiger partial charge is 0.319 e. The van der Waals surface area contributed by atoms with Gasteiger partial charge in [0.25, 0.3) is 5.91 Å². The normalized spacial score (nSPS) is 14.1. The van der Waals surface area contributed by atoms with Crippen LogP contribution in [0.2, 0.25) is 0 Å². The largest absolute Gasteiger partial charge is 0.455 e. The van der Waals surface area contributed by atoms with Crippen molar-refractivity contribution in [2.75, 3.05) is 18.1 Å². The third-order valence-electron chi connectivity index (χ3n) is 3.91. The number of hydrogen-bond acceptors (Lipinski definition) is 4. The van der Waals surface area contributed by atoms with E-state index < -0.39 is 0 Å². The van der Waals surface area contributed by atoms with Gasteiger partial charge >= 0.3 is 5.97 Å². The number of para-hydroxylation sites is 1. The van der Waals surface area contributed by atoms with Crippen molar-refractivity contribution in [3.8, 4) is 0 Å². The number of fused-ring (bicyclic) bond motifs is 1. The summed E-state index contributed by atoms with van der Waals surface area (Å²) in [5.74, 6) is -0.546. The second-order valence-electron chi connectivity index (χ2n) is 5.60. The van der Waals surface area contributed by atoms with Gasteiger partial charge < -0.3 is 9.64 Å². The number of thioether (sulfide) groups is 1. The number of amides is 1. The predicted octanol–water partition coefficient (Wildman–Crippen LogP) is 3.30. The zero-order valence-electron chi connectivity index (χ0n) is 13.5. The summed E-state index contributed by atoms with van der Waals surface area (Å²) in [6.07, 6.45) is 0.843. The monoisotopic (exact) mass is 341 g/mol. The van der Waals surface area contributed by atoms with Crippen molar-refractivity contribution in [1.82, 2.24) is 0 Å². The van der Waals surface area contributed by atoms with Crippen LogP contribution in [0.5, 0.6) is 0 Å². The fourth-order valence-corrected chi connectivity index (χ4v) is 3.56. The SMILES string of the molecule is C[C@@H](Sc1ccccc1)C(=O)OCC(=O)N1CCc2ccccc21. The minimum absolute atomic E-state index is 0.176. The maximum atomic E-state index is 12.3. The summed E-state index contributed by atoms with van der Waals surface area (Å²) >= 11 is 1.42. The fraction of sp³-hybridized carbons (Fsp3) is 0.263. The molecule has 5 heteroatoms. The zero-order chi connectivity index (χ0) is 16.9. The molecule has 0 aliphatic carbocycles. The lowest BCUT2D eigenvalue weighted by molar-refractivity contribution is -0.146. The molecule has 0 N–H and O–H groups in total. The van der Waals surface area contributed by atoms with E-state index in [1.807, 2.05) is 54.6 Å². The van der Waals surface area contributed by atoms with Crippen LogP contribution in [-0.4, -0.2) is 30.3 Å². The van der Waals surface area contributed by atoms with Gasteiger partial charge in [0.1, 0.15) is 5.25 Å². The molecule has 2 aromatic carbocycles. The standard InChI is InChI=1S/C19H19NO3S/c1-14(24-16-8-3-2-4-9-16)19(22)23-13-18(21)20-12-11-15-7-5-6-10-17(15)20/h2-10,14H,11-13H2,1H3/t14-/m1/s1. The Balaban J connectivity index is 1.52. The van der Waals surface area contributed by atoms with E-state index in [0.717, 1.165) is 22.6 Å². The van der Waals surface area contributed by atoms with Crippen molar-refractivity contribution in [2.45, 2.75) is 23.5 Å². The molecule has 1 atom stereocenters. The van der Waals surface area contributed by atoms with Crippen molar-refractivity contribution in [2.24, 2.45) is 0 Å². The first kappa shape index (κ1) is 16.6. The summed E-state index contributed by atoms with van der Waals surface area (Å²) in [5.41, 5.74) is 2.08. The van der Waals surface area contributed by atoms with Crippen LogP contribution >= 0.6 is 11.8 Å². The van der Waals surface area contributed by atoms with Crippen LogP contribution in [0.4, 0.5) is 5.69 Å². The molecule has 0 fully saturated rings. The highest BCUT2D eigenvalue weighted by atomic mass is 32.2. The number of esters is 1. The molecule has 0 saturated heterocycles. The van der Waals surface area contributed by atoms with Crippen LogP contribution in [0, 0.1) is 0 Å². The molecular weight excluding hydrogens is 322 g/mol. The van der Waals surface area contributed by atoms with Gasteiger partial charge in [-0.15, -0.1) is 11.8 Å². The van der Waals surface area contributed by atoms with Crippen LogP contribution in [0.3, 0.4) is 0 Å². The lowest BCUT2D eigenvalue weighted by Gasteiger charge is -2.18. The van der Waals surface area contributed by atoms with E-state index in [1.54, 1.807) is 11.8 Å². The van der Waals surface area contributed by atoms with Gasteiger partial charge in [0.2, 0.25) is 0 Å². The quantitative estimate of drug-likeness (QED) is 0.618. The van der Waals surface area contributed by atoms with Crippen LogP contribution < -0.4 is 4.90 Å². The Morgan fingerprint density at radius 3 is 2.62 bits per heavy atom. The third kappa shape index (κ3) is 3.79. The van der Waals surface area contributed by atoms with Crippen molar-refractivity contribution in [3.63, 3.8) is 0 Å². The van der Waals surface area contributed by atoms with Crippen molar-refractivity contribution >= 4 is 29.3 Å². The Labute approximate surface area is 145 Å². The minimum Gasteiger partial charge on any atom is -0.455 e. The summed E-state index contributed by atoms with van der Waals surface area (Å²) in [7, 11) is 0. The average molecular weight is 341 g/mol. The van der Waals surface area contributed by atoms with Crippen LogP contribution in [0.1, 0.15) is 12.5 Å². The molecule has 0 spiro atoms. The molecule has 0 aromatic heterocycles. The maximum Gasteiger partial charge on any atom is 0.319 e. The highest BCUT2D eigenvalue weighted by Gasteiger charge is 2.25. The lowest BCUT2D eigenvalue weighted by Crippen LogP contribution is -2.34. The summed E-state index contributed by atoms with van der Waals surface area (Å²) in [6.45, 7) is 2.21. The Bertz CT molecular complexity index is 732. The van der Waals surface area contributed by atoms with E-state index in [1.165, 1.54) is 11.8 Å². The first-order chi connectivity index (χ1) is 11.6. The van der Waals surface area contributed by atoms with Gasteiger partial charge in [0, 0.05) is 17.1 Å². The molecule has 0 bridgehead atoms. The molecule has 1 heterocycles. The van der Waals surface area contributed by atoms with Gasteiger partial charge in [-0.25, -0.2) is 0 Å². The van der Waals surface area contributed by atoms with Gasteiger partial charge in [-0.05, 0) is 37.1 Å². The van der Waals surface area contributed by atoms with Crippen LogP contribution in [0.15, 0.2) is 59.5 Å². The number of nitrogens with zero attached hydrogens (tertiary/aromatic N) is 1. The molecule has 1 amide bonds. The second-order valence-corrected chi connectivity index (χ2v) is 7.02. The molecule has 124 valence electrons. The van der Waals surface area contributed by atoms with E-state index in [0.29, 0.717) is 6.54 Å². The van der Waals surface area contributed by atoms with Crippen molar-refractivity contribution in [1.29, 1.82) is 0 Å². The van der Waals surface area contributed by atoms with Gasteiger partial charge in [-0.2, -0.15) is 0 Å². The molecule has 2 aromatic rings. The molecule has 0 unspecified atom stereocenters. The molecule has 1 aliphatic rings. The predicted molar refractivity (Wildman–Crippen MR) is 95.2 cm³/mol. The molecule has 3 rings (SSSR count). The van der Waals surface area contributed by atoms with E-state index in [-0.39, 0.29) is 23.7 Å². The second kappa shape index (κ2) is 7.53. The molecular formula is C19H19NO3S. The molecule has 24 heavy (non-hydrogen) atoms. The first-order valence-corrected chi connectivity index (χ1v) is 8.80. The van der Waals surface area contributed by atoms with Gasteiger partial charge in [-0.3, -0.25) is 9.59 Å². The maximum absolute atomic E-state index is 12.3. The number of anilines is 1. The molecule has 0 saturated carbocycles. The highest BCUT2D eigenvalue weighted by molar-refractivity contribution is 8.00. The Hall–Kier alpha value is -2.27. The zero-order valence-corrected chi connectivity index (χ0v) is 14.3. The van der Waals surface area contributed by atoms with E-state index >= 15 is 0 Å². The molecule has 1 aliphatic heterocycles. The van der Waals surface area contributed by atoms with Gasteiger partial charge in [-0.1, -0.05) is 36.4 Å². The highest BCUT2D eigenvalue weighted by Crippen LogP contribution is 2.27. The van der Waals surface area contributed by atoms with Crippen molar-refractivity contribution < 1.29 is 14.3 Å². The number of hydrogen-bond donors (Lipinski definition) is 0. The summed E-state index contributed by atoms with van der Waals surface area (Å²) in [4.78, 5) is 27.1. The average Bonchev–Trinajstić information content (AvgIpc) is 3.04. The summed E-state index contributed by atoms with van der Waals surface area (Å²) < 4.78 is 5.21. The summed E-state index contributed by atoms with van der Waals surface area (Å²) in [6, 6.07) is 17.5. The van der Waals surface area contributed by atoms with Crippen LogP contribution in [-0.2, 0) is 20.7 Å². The van der Waals surface area contributed by atoms with E-state index in [4.69, 9.17) is 4.74 Å². The van der Waals surface area contributed by atoms with Gasteiger partial charge in [0.15, 0.2) is 6.61 Å². The Kier molecular flexibility index (Phi) is 5.20. The number of ether oxygens (including phenoxy) is 1. The number of benzene rings is 2. The molecule has 4 nitrogen and oxygen atoms in total. The van der Waals surface area contributed by atoms with E-state index in [2.05, 4.69) is 0 Å². The summed E-state index contributed by atoms with van der Waals surface area (Å²) in [5, 5.41) is -0.355. The third-order valence-corrected chi connectivity index (χ3v) is 5.00. The Morgan fingerprint density at radius 1 is 1.12 bits per heavy atom. The topological polar surface area (TPSA) is 46.6 Å². The first-order valence-electron chi connectivity index (χ1n) is 7.92. The number of rotatable bonds is 5.